The highest BCUT2D eigenvalue weighted by molar-refractivity contribution is 5.92. The topological polar surface area (TPSA) is 81.3 Å². The van der Waals surface area contributed by atoms with E-state index < -0.39 is 11.8 Å². The summed E-state index contributed by atoms with van der Waals surface area (Å²) in [6.07, 6.45) is 3.01. The van der Waals surface area contributed by atoms with Crippen molar-refractivity contribution in [1.82, 2.24) is 20.2 Å². The molecular formula is C26H29F2N5O2. The van der Waals surface area contributed by atoms with Gasteiger partial charge in [0.2, 0.25) is 5.95 Å². The van der Waals surface area contributed by atoms with E-state index in [0.717, 1.165) is 24.8 Å². The van der Waals surface area contributed by atoms with Gasteiger partial charge in [-0.25, -0.2) is 9.37 Å². The summed E-state index contributed by atoms with van der Waals surface area (Å²) >= 11 is 0. The molecule has 2 N–H and O–H groups in total. The summed E-state index contributed by atoms with van der Waals surface area (Å²) in [5.74, 6) is -1.40. The molecule has 1 saturated carbocycles. The van der Waals surface area contributed by atoms with Gasteiger partial charge in [0.05, 0.1) is 11.2 Å². The fraction of sp³-hybridized carbons (Fsp3) is 0.423. The van der Waals surface area contributed by atoms with Crippen LogP contribution in [0.5, 0.6) is 0 Å². The molecule has 1 aliphatic heterocycles. The van der Waals surface area contributed by atoms with E-state index in [-0.39, 0.29) is 28.7 Å². The Kier molecular flexibility index (Phi) is 6.27. The Morgan fingerprint density at radius 1 is 1.11 bits per heavy atom. The first kappa shape index (κ1) is 23.4. The van der Waals surface area contributed by atoms with Gasteiger partial charge in [0.25, 0.3) is 11.5 Å². The zero-order valence-electron chi connectivity index (χ0n) is 20.0. The predicted molar refractivity (Wildman–Crippen MR) is 131 cm³/mol. The third-order valence-corrected chi connectivity index (χ3v) is 7.15. The number of carbonyl (C=O) groups excluding carboxylic acids is 1. The molecule has 1 aromatic carbocycles. The Balaban J connectivity index is 1.25. The largest absolute Gasteiger partial charge is 0.365 e. The number of aryl methyl sites for hydroxylation is 2. The van der Waals surface area contributed by atoms with Crippen molar-refractivity contribution < 1.29 is 13.6 Å². The summed E-state index contributed by atoms with van der Waals surface area (Å²) < 4.78 is 30.0. The maximum atomic E-state index is 15.2. The fourth-order valence-electron chi connectivity index (χ4n) is 4.78. The molecule has 0 atom stereocenters. The second-order valence-electron chi connectivity index (χ2n) is 9.61. The summed E-state index contributed by atoms with van der Waals surface area (Å²) in [5.41, 5.74) is 2.39. The van der Waals surface area contributed by atoms with E-state index >= 15 is 4.39 Å². The lowest BCUT2D eigenvalue weighted by atomic mass is 9.93. The number of aromatic amines is 1. The van der Waals surface area contributed by atoms with Gasteiger partial charge in [-0.15, -0.1) is 0 Å². The Morgan fingerprint density at radius 2 is 1.86 bits per heavy atom. The molecule has 0 unspecified atom stereocenters. The van der Waals surface area contributed by atoms with Crippen molar-refractivity contribution in [2.75, 3.05) is 31.1 Å². The average Bonchev–Trinajstić information content (AvgIpc) is 2.81. The quantitative estimate of drug-likeness (QED) is 0.546. The molecule has 2 fully saturated rings. The highest BCUT2D eigenvalue weighted by atomic mass is 19.1. The average molecular weight is 482 g/mol. The van der Waals surface area contributed by atoms with Gasteiger partial charge in [0.15, 0.2) is 5.82 Å². The standard InChI is InChI=1S/C26H29F2N5O2/c1-15-12-17(22(27)23-19(15)13-16(2)25(34)31-23)14-32-8-10-33(11-9-32)21-7-6-20(30-24(21)28)26(35)29-18-4-3-5-18/h6-7,12-13,18H,3-5,8-11,14H2,1-2H3,(H,29,35)(H,31,34). The van der Waals surface area contributed by atoms with Crippen molar-refractivity contribution in [3.05, 3.63) is 68.8 Å². The van der Waals surface area contributed by atoms with E-state index in [1.165, 1.54) is 0 Å². The molecule has 1 saturated heterocycles. The number of aromatic nitrogens is 2. The molecule has 0 spiro atoms. The van der Waals surface area contributed by atoms with E-state index in [1.54, 1.807) is 25.1 Å². The van der Waals surface area contributed by atoms with Gasteiger partial charge >= 0.3 is 0 Å². The van der Waals surface area contributed by atoms with Gasteiger partial charge < -0.3 is 15.2 Å². The van der Waals surface area contributed by atoms with E-state index in [9.17, 15) is 14.0 Å². The maximum absolute atomic E-state index is 15.2. The summed E-state index contributed by atoms with van der Waals surface area (Å²) in [4.78, 5) is 34.9. The zero-order valence-corrected chi connectivity index (χ0v) is 20.0. The minimum absolute atomic E-state index is 0.0900. The molecule has 2 aliphatic rings. The number of hydrogen-bond acceptors (Lipinski definition) is 5. The zero-order chi connectivity index (χ0) is 24.7. The molecule has 1 aliphatic carbocycles. The minimum Gasteiger partial charge on any atom is -0.365 e. The number of amides is 1. The highest BCUT2D eigenvalue weighted by Crippen LogP contribution is 2.26. The van der Waals surface area contributed by atoms with Crippen LogP contribution in [0.25, 0.3) is 10.9 Å². The number of nitrogens with one attached hydrogen (secondary N) is 2. The van der Waals surface area contributed by atoms with Crippen LogP contribution in [0.1, 0.15) is 46.4 Å². The van der Waals surface area contributed by atoms with Crippen LogP contribution in [-0.4, -0.2) is 53.0 Å². The Morgan fingerprint density at radius 3 is 2.51 bits per heavy atom. The molecule has 0 bridgehead atoms. The number of anilines is 1. The van der Waals surface area contributed by atoms with Crippen molar-refractivity contribution >= 4 is 22.5 Å². The first-order valence-electron chi connectivity index (χ1n) is 12.1. The Hall–Kier alpha value is -3.33. The van der Waals surface area contributed by atoms with Gasteiger partial charge in [-0.2, -0.15) is 4.39 Å². The maximum Gasteiger partial charge on any atom is 0.270 e. The second kappa shape index (κ2) is 9.37. The van der Waals surface area contributed by atoms with Crippen molar-refractivity contribution in [3.8, 4) is 0 Å². The molecule has 0 radical (unpaired) electrons. The monoisotopic (exact) mass is 481 g/mol. The summed E-state index contributed by atoms with van der Waals surface area (Å²) in [7, 11) is 0. The smallest absolute Gasteiger partial charge is 0.270 e. The lowest BCUT2D eigenvalue weighted by molar-refractivity contribution is 0.0910. The number of fused-ring (bicyclic) bond motifs is 1. The number of H-pyrrole nitrogens is 1. The number of carbonyl (C=O) groups is 1. The first-order chi connectivity index (χ1) is 16.8. The fourth-order valence-corrected chi connectivity index (χ4v) is 4.78. The lowest BCUT2D eigenvalue weighted by Crippen LogP contribution is -2.46. The van der Waals surface area contributed by atoms with Crippen LogP contribution in [0, 0.1) is 25.6 Å². The number of nitrogens with zero attached hydrogens (tertiary/aromatic N) is 3. The molecule has 9 heteroatoms. The van der Waals surface area contributed by atoms with Crippen molar-refractivity contribution in [3.63, 3.8) is 0 Å². The number of piperazine rings is 1. The molecule has 3 aromatic rings. The normalized spacial score (nSPS) is 17.0. The highest BCUT2D eigenvalue weighted by Gasteiger charge is 2.24. The van der Waals surface area contributed by atoms with Crippen molar-refractivity contribution in [1.29, 1.82) is 0 Å². The number of benzene rings is 1. The van der Waals surface area contributed by atoms with Gasteiger partial charge in [-0.3, -0.25) is 14.5 Å². The number of hydrogen-bond donors (Lipinski definition) is 2. The first-order valence-corrected chi connectivity index (χ1v) is 12.1. The minimum atomic E-state index is -0.657. The summed E-state index contributed by atoms with van der Waals surface area (Å²) in [6, 6.07) is 6.90. The molecule has 3 heterocycles. The van der Waals surface area contributed by atoms with E-state index in [4.69, 9.17) is 0 Å². The molecule has 184 valence electrons. The SMILES string of the molecule is Cc1cc2c(C)cc(CN3CCN(c4ccc(C(=O)NC5CCC5)nc4F)CC3)c(F)c2[nH]c1=O. The third-order valence-electron chi connectivity index (χ3n) is 7.15. The second-order valence-corrected chi connectivity index (χ2v) is 9.61. The van der Waals surface area contributed by atoms with Crippen molar-refractivity contribution in [2.45, 2.75) is 45.7 Å². The molecule has 2 aromatic heterocycles. The van der Waals surface area contributed by atoms with Gasteiger partial charge in [-0.05, 0) is 56.9 Å². The molecule has 1 amide bonds. The Bertz CT molecular complexity index is 1340. The molecule has 35 heavy (non-hydrogen) atoms. The van der Waals surface area contributed by atoms with Crippen LogP contribution in [0.4, 0.5) is 14.5 Å². The van der Waals surface area contributed by atoms with E-state index in [0.29, 0.717) is 54.9 Å². The lowest BCUT2D eigenvalue weighted by Gasteiger charge is -2.36. The van der Waals surface area contributed by atoms with Crippen LogP contribution >= 0.6 is 0 Å². The van der Waals surface area contributed by atoms with Gasteiger partial charge in [0.1, 0.15) is 5.69 Å². The van der Waals surface area contributed by atoms with E-state index in [2.05, 4.69) is 20.2 Å². The van der Waals surface area contributed by atoms with Crippen LogP contribution in [0.3, 0.4) is 0 Å². The van der Waals surface area contributed by atoms with E-state index in [1.807, 2.05) is 17.9 Å². The number of halogens is 2. The van der Waals surface area contributed by atoms with Crippen molar-refractivity contribution in [2.24, 2.45) is 0 Å². The summed E-state index contributed by atoms with van der Waals surface area (Å²) in [5, 5.41) is 3.58. The molecule has 7 nitrogen and oxygen atoms in total. The Labute approximate surface area is 202 Å². The predicted octanol–water partition coefficient (Wildman–Crippen LogP) is 3.42. The molecular weight excluding hydrogens is 452 g/mol. The van der Waals surface area contributed by atoms with Crippen LogP contribution < -0.4 is 15.8 Å². The summed E-state index contributed by atoms with van der Waals surface area (Å²) in [6.45, 7) is 6.35. The van der Waals surface area contributed by atoms with Crippen LogP contribution in [0.2, 0.25) is 0 Å². The number of pyridine rings is 2. The van der Waals surface area contributed by atoms with Gasteiger partial charge in [-0.1, -0.05) is 6.07 Å². The van der Waals surface area contributed by atoms with Gasteiger partial charge in [0, 0.05) is 55.3 Å². The molecule has 5 rings (SSSR count). The third kappa shape index (κ3) is 4.65. The van der Waals surface area contributed by atoms with Crippen LogP contribution in [-0.2, 0) is 6.54 Å². The number of rotatable bonds is 5. The van der Waals surface area contributed by atoms with Crippen LogP contribution in [0.15, 0.2) is 29.1 Å².